The van der Waals surface area contributed by atoms with Gasteiger partial charge >= 0.3 is 0 Å². The van der Waals surface area contributed by atoms with Crippen LogP contribution in [0.1, 0.15) is 19.4 Å². The second-order valence-corrected chi connectivity index (χ2v) is 7.51. The molecule has 0 fully saturated rings. The van der Waals surface area contributed by atoms with Gasteiger partial charge in [-0.3, -0.25) is 0 Å². The van der Waals surface area contributed by atoms with Gasteiger partial charge in [0.15, 0.2) is 0 Å². The number of β-amino-alcohol motifs (C(OH)–C–C–N with tert-alkyl or cyclic N) is 1. The van der Waals surface area contributed by atoms with Crippen LogP contribution >= 0.6 is 12.4 Å². The van der Waals surface area contributed by atoms with Gasteiger partial charge in [0.2, 0.25) is 0 Å². The quantitative estimate of drug-likeness (QED) is 0.570. The summed E-state index contributed by atoms with van der Waals surface area (Å²) in [5.41, 5.74) is 0.827. The van der Waals surface area contributed by atoms with E-state index in [1.165, 1.54) is 12.1 Å². The molecule has 0 spiro atoms. The molecule has 1 unspecified atom stereocenters. The van der Waals surface area contributed by atoms with Crippen LogP contribution in [0, 0.1) is 5.82 Å². The highest BCUT2D eigenvalue weighted by atomic mass is 35.5. The van der Waals surface area contributed by atoms with Gasteiger partial charge in [0.25, 0.3) is 0 Å². The van der Waals surface area contributed by atoms with E-state index in [0.29, 0.717) is 6.54 Å². The Morgan fingerprint density at radius 2 is 1.68 bits per heavy atom. The van der Waals surface area contributed by atoms with Crippen molar-refractivity contribution >= 4 is 23.2 Å². The lowest BCUT2D eigenvalue weighted by atomic mass is 9.94. The first-order valence-electron chi connectivity index (χ1n) is 9.21. The van der Waals surface area contributed by atoms with Gasteiger partial charge in [-0.1, -0.05) is 48.5 Å². The van der Waals surface area contributed by atoms with Crippen molar-refractivity contribution in [2.24, 2.45) is 0 Å². The van der Waals surface area contributed by atoms with Crippen LogP contribution in [-0.4, -0.2) is 29.9 Å². The van der Waals surface area contributed by atoms with Crippen molar-refractivity contribution in [3.63, 3.8) is 0 Å². The summed E-state index contributed by atoms with van der Waals surface area (Å²) in [5, 5.41) is 15.8. The van der Waals surface area contributed by atoms with E-state index >= 15 is 0 Å². The average Bonchev–Trinajstić information content (AvgIpc) is 2.66. The molecule has 0 saturated heterocycles. The summed E-state index contributed by atoms with van der Waals surface area (Å²) in [6.45, 7) is 4.76. The summed E-state index contributed by atoms with van der Waals surface area (Å²) in [5.74, 6) is 0.545. The number of ether oxygens (including phenoxy) is 1. The predicted octanol–water partition coefficient (Wildman–Crippen LogP) is 4.75. The number of aliphatic hydroxyl groups is 1. The Balaban J connectivity index is 0.00000280. The van der Waals surface area contributed by atoms with E-state index in [2.05, 4.69) is 19.2 Å². The SMILES string of the molecule is CC(C)(Cc1ccc(F)cc1)NCC(O)COc1cccc2ccccc12.Cl. The molecule has 0 radical (unpaired) electrons. The second kappa shape index (κ2) is 9.87. The largest absolute Gasteiger partial charge is 0.490 e. The van der Waals surface area contributed by atoms with Gasteiger partial charge in [-0.2, -0.15) is 0 Å². The van der Waals surface area contributed by atoms with Gasteiger partial charge in [0.05, 0.1) is 0 Å². The molecule has 3 aromatic rings. The summed E-state index contributed by atoms with van der Waals surface area (Å²) < 4.78 is 18.9. The van der Waals surface area contributed by atoms with E-state index in [4.69, 9.17) is 4.74 Å². The van der Waals surface area contributed by atoms with Crippen molar-refractivity contribution in [1.82, 2.24) is 5.32 Å². The second-order valence-electron chi connectivity index (χ2n) is 7.51. The molecule has 0 bridgehead atoms. The number of aliphatic hydroxyl groups excluding tert-OH is 1. The molecule has 2 N–H and O–H groups in total. The van der Waals surface area contributed by atoms with Gasteiger partial charge in [-0.15, -0.1) is 12.4 Å². The molecule has 0 aromatic heterocycles. The Morgan fingerprint density at radius 1 is 1.00 bits per heavy atom. The molecule has 3 rings (SSSR count). The third kappa shape index (κ3) is 6.20. The average molecular weight is 404 g/mol. The van der Waals surface area contributed by atoms with Gasteiger partial charge in [-0.25, -0.2) is 4.39 Å². The fourth-order valence-corrected chi connectivity index (χ4v) is 3.14. The summed E-state index contributed by atoms with van der Waals surface area (Å²) in [6, 6.07) is 20.5. The molecule has 0 aliphatic carbocycles. The van der Waals surface area contributed by atoms with Crippen LogP contribution in [0.5, 0.6) is 5.75 Å². The third-order valence-corrected chi connectivity index (χ3v) is 4.56. The third-order valence-electron chi connectivity index (χ3n) is 4.56. The first kappa shape index (κ1) is 22.2. The maximum atomic E-state index is 13.0. The van der Waals surface area contributed by atoms with E-state index in [1.54, 1.807) is 12.1 Å². The number of hydrogen-bond acceptors (Lipinski definition) is 3. The number of benzene rings is 3. The summed E-state index contributed by atoms with van der Waals surface area (Å²) in [7, 11) is 0. The van der Waals surface area contributed by atoms with E-state index < -0.39 is 6.10 Å². The zero-order valence-corrected chi connectivity index (χ0v) is 17.0. The van der Waals surface area contributed by atoms with Gasteiger partial charge in [0, 0.05) is 17.5 Å². The van der Waals surface area contributed by atoms with E-state index in [9.17, 15) is 9.50 Å². The van der Waals surface area contributed by atoms with Gasteiger partial charge in [-0.05, 0) is 49.4 Å². The van der Waals surface area contributed by atoms with Gasteiger partial charge < -0.3 is 15.2 Å². The minimum absolute atomic E-state index is 0. The highest BCUT2D eigenvalue weighted by molar-refractivity contribution is 5.88. The minimum atomic E-state index is -0.628. The Labute approximate surface area is 172 Å². The van der Waals surface area contributed by atoms with Crippen molar-refractivity contribution in [1.29, 1.82) is 0 Å². The van der Waals surface area contributed by atoms with E-state index in [0.717, 1.165) is 28.5 Å². The Bertz CT molecular complexity index is 878. The van der Waals surface area contributed by atoms with Crippen molar-refractivity contribution in [3.05, 3.63) is 78.1 Å². The zero-order chi connectivity index (χ0) is 19.3. The number of rotatable bonds is 8. The first-order chi connectivity index (χ1) is 12.9. The molecule has 150 valence electrons. The molecule has 0 amide bonds. The number of nitrogens with one attached hydrogen (secondary N) is 1. The Hall–Kier alpha value is -2.14. The van der Waals surface area contributed by atoms with Crippen LogP contribution in [0.2, 0.25) is 0 Å². The molecule has 3 aromatic carbocycles. The topological polar surface area (TPSA) is 41.5 Å². The van der Waals surface area contributed by atoms with E-state index in [1.807, 2.05) is 42.5 Å². The molecule has 0 heterocycles. The van der Waals surface area contributed by atoms with Crippen LogP contribution in [-0.2, 0) is 6.42 Å². The molecule has 1 atom stereocenters. The van der Waals surface area contributed by atoms with Crippen LogP contribution in [0.3, 0.4) is 0 Å². The Morgan fingerprint density at radius 3 is 2.43 bits per heavy atom. The predicted molar refractivity (Wildman–Crippen MR) is 115 cm³/mol. The molecule has 0 aliphatic rings. The van der Waals surface area contributed by atoms with Crippen LogP contribution in [0.25, 0.3) is 10.8 Å². The zero-order valence-electron chi connectivity index (χ0n) is 16.2. The lowest BCUT2D eigenvalue weighted by Crippen LogP contribution is -2.46. The summed E-state index contributed by atoms with van der Waals surface area (Å²) >= 11 is 0. The molecular weight excluding hydrogens is 377 g/mol. The molecular formula is C23H27ClFNO2. The minimum Gasteiger partial charge on any atom is -0.490 e. The molecule has 0 saturated carbocycles. The van der Waals surface area contributed by atoms with Crippen molar-refractivity contribution < 1.29 is 14.2 Å². The normalized spacial score (nSPS) is 12.4. The van der Waals surface area contributed by atoms with Crippen molar-refractivity contribution in [2.75, 3.05) is 13.2 Å². The lowest BCUT2D eigenvalue weighted by Gasteiger charge is -2.28. The molecule has 28 heavy (non-hydrogen) atoms. The lowest BCUT2D eigenvalue weighted by molar-refractivity contribution is 0.0996. The maximum Gasteiger partial charge on any atom is 0.127 e. The summed E-state index contributed by atoms with van der Waals surface area (Å²) in [6.07, 6.45) is 0.112. The fraction of sp³-hybridized carbons (Fsp3) is 0.304. The molecule has 0 aliphatic heterocycles. The fourth-order valence-electron chi connectivity index (χ4n) is 3.14. The monoisotopic (exact) mass is 403 g/mol. The smallest absolute Gasteiger partial charge is 0.127 e. The van der Waals surface area contributed by atoms with Crippen LogP contribution in [0.15, 0.2) is 66.7 Å². The highest BCUT2D eigenvalue weighted by Crippen LogP contribution is 2.25. The molecule has 5 heteroatoms. The van der Waals surface area contributed by atoms with Gasteiger partial charge in [0.1, 0.15) is 24.3 Å². The van der Waals surface area contributed by atoms with E-state index in [-0.39, 0.29) is 30.4 Å². The number of fused-ring (bicyclic) bond motifs is 1. The summed E-state index contributed by atoms with van der Waals surface area (Å²) in [4.78, 5) is 0. The van der Waals surface area contributed by atoms with Crippen LogP contribution in [0.4, 0.5) is 4.39 Å². The maximum absolute atomic E-state index is 13.0. The standard InChI is InChI=1S/C23H26FNO2.ClH/c1-23(2,14-17-10-12-19(24)13-11-17)25-15-20(26)16-27-22-9-5-7-18-6-3-4-8-21(18)22;/h3-13,20,25-26H,14-16H2,1-2H3;1H. The van der Waals surface area contributed by atoms with Crippen molar-refractivity contribution in [3.8, 4) is 5.75 Å². The first-order valence-corrected chi connectivity index (χ1v) is 9.21. The number of hydrogen-bond donors (Lipinski definition) is 2. The molecule has 3 nitrogen and oxygen atoms in total. The highest BCUT2D eigenvalue weighted by Gasteiger charge is 2.19. The Kier molecular flexibility index (Phi) is 7.81. The number of halogens is 2. The van der Waals surface area contributed by atoms with Crippen molar-refractivity contribution in [2.45, 2.75) is 31.9 Å². The van der Waals surface area contributed by atoms with Crippen LogP contribution < -0.4 is 10.1 Å².